The van der Waals surface area contributed by atoms with E-state index in [0.29, 0.717) is 6.61 Å². The van der Waals surface area contributed by atoms with Crippen molar-refractivity contribution in [2.24, 2.45) is 5.73 Å². The zero-order chi connectivity index (χ0) is 15.6. The molecule has 1 aromatic carbocycles. The zero-order valence-electron chi connectivity index (χ0n) is 14.2. The fourth-order valence-electron chi connectivity index (χ4n) is 1.87. The minimum absolute atomic E-state index is 0.103. The van der Waals surface area contributed by atoms with Crippen molar-refractivity contribution in [1.82, 2.24) is 0 Å². The van der Waals surface area contributed by atoms with Crippen LogP contribution < -0.4 is 10.5 Å². The van der Waals surface area contributed by atoms with E-state index in [-0.39, 0.29) is 16.9 Å². The fourth-order valence-corrected chi connectivity index (χ4v) is 1.87. The molecule has 0 radical (unpaired) electrons. The minimum Gasteiger partial charge on any atom is -0.492 e. The van der Waals surface area contributed by atoms with Crippen LogP contribution in [0.15, 0.2) is 18.2 Å². The number of benzene rings is 1. The highest BCUT2D eigenvalue weighted by Crippen LogP contribution is 2.32. The molecular formula is C18H31NO. The molecule has 1 aromatic rings. The summed E-state index contributed by atoms with van der Waals surface area (Å²) in [7, 11) is 0. The normalized spacial score (nSPS) is 14.2. The van der Waals surface area contributed by atoms with Crippen LogP contribution in [0.4, 0.5) is 0 Å². The van der Waals surface area contributed by atoms with Gasteiger partial charge in [0.15, 0.2) is 0 Å². The van der Waals surface area contributed by atoms with Gasteiger partial charge >= 0.3 is 0 Å². The number of ether oxygens (including phenoxy) is 1. The Kier molecular flexibility index (Phi) is 5.26. The molecule has 0 saturated heterocycles. The van der Waals surface area contributed by atoms with Crippen LogP contribution in [0.25, 0.3) is 0 Å². The Bertz CT molecular complexity index is 405. The first-order chi connectivity index (χ1) is 9.04. The first-order valence-corrected chi connectivity index (χ1v) is 7.58. The Morgan fingerprint density at radius 3 is 1.75 bits per heavy atom. The van der Waals surface area contributed by atoms with Gasteiger partial charge in [-0.25, -0.2) is 0 Å². The Labute approximate surface area is 124 Å². The lowest BCUT2D eigenvalue weighted by atomic mass is 9.80. The van der Waals surface area contributed by atoms with E-state index in [4.69, 9.17) is 10.5 Å². The van der Waals surface area contributed by atoms with Gasteiger partial charge in [0.05, 0.1) is 0 Å². The van der Waals surface area contributed by atoms with Crippen molar-refractivity contribution in [1.29, 1.82) is 0 Å². The van der Waals surface area contributed by atoms with Gasteiger partial charge in [0.1, 0.15) is 12.4 Å². The van der Waals surface area contributed by atoms with Crippen molar-refractivity contribution in [3.63, 3.8) is 0 Å². The Hall–Kier alpha value is -1.02. The molecule has 1 unspecified atom stereocenters. The average Bonchev–Trinajstić information content (AvgIpc) is 2.33. The third-order valence-corrected chi connectivity index (χ3v) is 3.63. The van der Waals surface area contributed by atoms with E-state index in [1.165, 1.54) is 11.1 Å². The first kappa shape index (κ1) is 17.0. The van der Waals surface area contributed by atoms with Crippen molar-refractivity contribution in [2.75, 3.05) is 6.61 Å². The maximum absolute atomic E-state index is 5.94. The number of nitrogens with two attached hydrogens (primary N) is 1. The first-order valence-electron chi connectivity index (χ1n) is 7.58. The molecular weight excluding hydrogens is 246 g/mol. The largest absolute Gasteiger partial charge is 0.492 e. The van der Waals surface area contributed by atoms with Gasteiger partial charge in [-0.1, -0.05) is 54.5 Å². The predicted octanol–water partition coefficient (Wildman–Crippen LogP) is 4.40. The molecule has 2 heteroatoms. The van der Waals surface area contributed by atoms with E-state index >= 15 is 0 Å². The smallest absolute Gasteiger partial charge is 0.119 e. The van der Waals surface area contributed by atoms with Crippen LogP contribution in [0, 0.1) is 0 Å². The molecule has 0 aliphatic carbocycles. The van der Waals surface area contributed by atoms with Gasteiger partial charge in [-0.05, 0) is 40.5 Å². The van der Waals surface area contributed by atoms with E-state index < -0.39 is 0 Å². The second-order valence-corrected chi connectivity index (χ2v) is 7.73. The van der Waals surface area contributed by atoms with E-state index in [1.807, 2.05) is 0 Å². The summed E-state index contributed by atoms with van der Waals surface area (Å²) in [5.74, 6) is 0.936. The molecule has 0 aromatic heterocycles. The highest BCUT2D eigenvalue weighted by atomic mass is 16.5. The van der Waals surface area contributed by atoms with Crippen molar-refractivity contribution >= 4 is 0 Å². The quantitative estimate of drug-likeness (QED) is 0.885. The number of hydrogen-bond acceptors (Lipinski definition) is 2. The summed E-state index contributed by atoms with van der Waals surface area (Å²) in [4.78, 5) is 0. The second-order valence-electron chi connectivity index (χ2n) is 7.73. The third kappa shape index (κ3) is 4.82. The van der Waals surface area contributed by atoms with Gasteiger partial charge < -0.3 is 10.5 Å². The van der Waals surface area contributed by atoms with Crippen molar-refractivity contribution in [2.45, 2.75) is 71.8 Å². The monoisotopic (exact) mass is 277 g/mol. The average molecular weight is 277 g/mol. The standard InChI is InChI=1S/C18H31NO/c1-8-15(19)12-20-16-10-13(17(2,3)4)9-14(11-16)18(5,6)7/h9-11,15H,8,12,19H2,1-7H3. The molecule has 114 valence electrons. The summed E-state index contributed by atoms with van der Waals surface area (Å²) < 4.78 is 5.91. The molecule has 0 fully saturated rings. The maximum Gasteiger partial charge on any atom is 0.119 e. The number of hydrogen-bond donors (Lipinski definition) is 1. The number of rotatable bonds is 4. The van der Waals surface area contributed by atoms with Gasteiger partial charge in [-0.3, -0.25) is 0 Å². The summed E-state index contributed by atoms with van der Waals surface area (Å²) in [5.41, 5.74) is 8.80. The highest BCUT2D eigenvalue weighted by Gasteiger charge is 2.21. The molecule has 0 aliphatic rings. The van der Waals surface area contributed by atoms with Crippen molar-refractivity contribution in [3.8, 4) is 5.75 Å². The van der Waals surface area contributed by atoms with Crippen LogP contribution in [-0.2, 0) is 10.8 Å². The molecule has 1 rings (SSSR count). The molecule has 20 heavy (non-hydrogen) atoms. The molecule has 0 heterocycles. The van der Waals surface area contributed by atoms with Gasteiger partial charge in [-0.15, -0.1) is 0 Å². The topological polar surface area (TPSA) is 35.2 Å². The fraction of sp³-hybridized carbons (Fsp3) is 0.667. The van der Waals surface area contributed by atoms with Gasteiger partial charge in [-0.2, -0.15) is 0 Å². The van der Waals surface area contributed by atoms with Crippen LogP contribution in [0.5, 0.6) is 5.75 Å². The molecule has 2 N–H and O–H groups in total. The lowest BCUT2D eigenvalue weighted by Gasteiger charge is -2.26. The molecule has 2 nitrogen and oxygen atoms in total. The summed E-state index contributed by atoms with van der Waals surface area (Å²) >= 11 is 0. The maximum atomic E-state index is 5.94. The van der Waals surface area contributed by atoms with E-state index in [1.54, 1.807) is 0 Å². The van der Waals surface area contributed by atoms with E-state index in [9.17, 15) is 0 Å². The Morgan fingerprint density at radius 1 is 0.950 bits per heavy atom. The Balaban J connectivity index is 3.11. The van der Waals surface area contributed by atoms with Crippen LogP contribution in [0.1, 0.15) is 66.0 Å². The minimum atomic E-state index is 0.103. The second kappa shape index (κ2) is 6.17. The SMILES string of the molecule is CCC(N)COc1cc(C(C)(C)C)cc(C(C)(C)C)c1. The van der Waals surface area contributed by atoms with Crippen molar-refractivity contribution in [3.05, 3.63) is 29.3 Å². The molecule has 0 amide bonds. The summed E-state index contributed by atoms with van der Waals surface area (Å²) in [6, 6.07) is 6.70. The third-order valence-electron chi connectivity index (χ3n) is 3.63. The van der Waals surface area contributed by atoms with Gasteiger partial charge in [0.25, 0.3) is 0 Å². The van der Waals surface area contributed by atoms with Crippen LogP contribution in [0.2, 0.25) is 0 Å². The van der Waals surface area contributed by atoms with Crippen molar-refractivity contribution < 1.29 is 4.74 Å². The summed E-state index contributed by atoms with van der Waals surface area (Å²) in [6.45, 7) is 16.1. The van der Waals surface area contributed by atoms with Gasteiger partial charge in [0, 0.05) is 6.04 Å². The summed E-state index contributed by atoms with van der Waals surface area (Å²) in [6.07, 6.45) is 0.936. The Morgan fingerprint density at radius 2 is 1.40 bits per heavy atom. The molecule has 0 bridgehead atoms. The van der Waals surface area contributed by atoms with Crippen LogP contribution in [-0.4, -0.2) is 12.6 Å². The predicted molar refractivity (Wildman–Crippen MR) is 87.6 cm³/mol. The highest BCUT2D eigenvalue weighted by molar-refractivity contribution is 5.40. The van der Waals surface area contributed by atoms with Crippen LogP contribution in [0.3, 0.4) is 0 Å². The van der Waals surface area contributed by atoms with Crippen LogP contribution >= 0.6 is 0 Å². The summed E-state index contributed by atoms with van der Waals surface area (Å²) in [5, 5.41) is 0. The molecule has 0 aliphatic heterocycles. The molecule has 1 atom stereocenters. The van der Waals surface area contributed by atoms with E-state index in [0.717, 1.165) is 12.2 Å². The molecule has 0 spiro atoms. The zero-order valence-corrected chi connectivity index (χ0v) is 14.2. The molecule has 0 saturated carbocycles. The lowest BCUT2D eigenvalue weighted by molar-refractivity contribution is 0.284. The lowest BCUT2D eigenvalue weighted by Crippen LogP contribution is -2.27. The van der Waals surface area contributed by atoms with E-state index in [2.05, 4.69) is 66.7 Å². The van der Waals surface area contributed by atoms with Gasteiger partial charge in [0.2, 0.25) is 0 Å².